The van der Waals surface area contributed by atoms with E-state index >= 15 is 0 Å². The zero-order valence-corrected chi connectivity index (χ0v) is 62.0. The Morgan fingerprint density at radius 1 is 0.295 bits per heavy atom. The summed E-state index contributed by atoms with van der Waals surface area (Å²) in [5.41, 5.74) is 20.6. The predicted octanol–water partition coefficient (Wildman–Crippen LogP) is 26.6. The summed E-state index contributed by atoms with van der Waals surface area (Å²) in [5, 5.41) is 8.22. The average molecular weight is 1490 g/mol. The Morgan fingerprint density at radius 2 is 0.812 bits per heavy atom. The average Bonchev–Trinajstić information content (AvgIpc) is 1.57. The van der Waals surface area contributed by atoms with Crippen LogP contribution < -0.4 is 0 Å². The Labute approximate surface area is 652 Å². The molecule has 0 bridgehead atoms. The van der Waals surface area contributed by atoms with E-state index in [1.54, 1.807) is 22.7 Å². The molecule has 0 amide bonds. The standard InChI is InChI=1S/C98H57N9O2S3/c1-3-18-56(19-4-1)91-101-93(66-38-43-71-70-29-8-12-37-85(70)110-88(71)55-66)104-94(102-91)74-32-16-30-72-77-52-64(41-46-86(77)111-89(72)74)61-25-15-27-68(50-61)97-100-80-44-39-65(54-84(80)109-97)59-23-13-22-58(48-59)62-40-45-82-76(51-62)69-28-7-10-35-81(69)107(82)98-105-92(57-20-5-2-6-21-57)103-95(106-98)75-33-17-31-73-78-53-63(42-47-87(78)112-90(73)75)60-24-14-26-67(49-60)96-99-79-34-9-11-36-83(79)108-96/h1-32,34-55,75H,33H2. The van der Waals surface area contributed by atoms with Gasteiger partial charge in [-0.25, -0.2) is 29.9 Å². The van der Waals surface area contributed by atoms with Gasteiger partial charge in [0, 0.05) is 99.5 Å². The number of rotatable bonds is 12. The van der Waals surface area contributed by atoms with Crippen molar-refractivity contribution in [3.63, 3.8) is 0 Å². The Kier molecular flexibility index (Phi) is 14.8. The molecule has 11 nitrogen and oxygen atoms in total. The first-order valence-corrected chi connectivity index (χ1v) is 39.7. The molecule has 0 N–H and O–H groups in total. The molecule has 14 aromatic carbocycles. The highest BCUT2D eigenvalue weighted by atomic mass is 32.1. The minimum Gasteiger partial charge on any atom is -0.436 e. The van der Waals surface area contributed by atoms with Crippen LogP contribution in [0.5, 0.6) is 0 Å². The van der Waals surface area contributed by atoms with Gasteiger partial charge in [-0.1, -0.05) is 212 Å². The van der Waals surface area contributed by atoms with E-state index in [2.05, 4.69) is 272 Å². The summed E-state index contributed by atoms with van der Waals surface area (Å²) in [7, 11) is 0. The third-order valence-electron chi connectivity index (χ3n) is 21.7. The molecule has 1 aliphatic rings. The van der Waals surface area contributed by atoms with Gasteiger partial charge in [-0.15, -0.1) is 34.0 Å². The highest BCUT2D eigenvalue weighted by molar-refractivity contribution is 7.26. The molecule has 8 heterocycles. The number of oxazole rings is 2. The van der Waals surface area contributed by atoms with Crippen LogP contribution in [-0.4, -0.2) is 44.4 Å². The first kappa shape index (κ1) is 64.0. The Morgan fingerprint density at radius 3 is 1.56 bits per heavy atom. The van der Waals surface area contributed by atoms with Crippen molar-refractivity contribution < 1.29 is 8.83 Å². The number of hydrogen-bond donors (Lipinski definition) is 0. The van der Waals surface area contributed by atoms with Crippen LogP contribution in [0.25, 0.3) is 219 Å². The van der Waals surface area contributed by atoms with E-state index in [0.717, 1.165) is 139 Å². The Balaban J connectivity index is 0.541. The van der Waals surface area contributed by atoms with Crippen LogP contribution >= 0.6 is 34.0 Å². The summed E-state index contributed by atoms with van der Waals surface area (Å²) in [5.74, 6) is 4.91. The van der Waals surface area contributed by atoms with E-state index in [9.17, 15) is 0 Å². The van der Waals surface area contributed by atoms with Gasteiger partial charge in [0.25, 0.3) is 0 Å². The second-order valence-corrected chi connectivity index (χ2v) is 31.7. The third kappa shape index (κ3) is 10.9. The molecule has 524 valence electrons. The Bertz CT molecular complexity index is 7620. The molecule has 1 unspecified atom stereocenters. The van der Waals surface area contributed by atoms with E-state index in [1.165, 1.54) is 50.8 Å². The number of hydrogen-bond acceptors (Lipinski definition) is 13. The number of benzene rings is 14. The fourth-order valence-electron chi connectivity index (χ4n) is 16.2. The van der Waals surface area contributed by atoms with Gasteiger partial charge in [0.2, 0.25) is 17.7 Å². The fourth-order valence-corrected chi connectivity index (χ4v) is 19.9. The lowest BCUT2D eigenvalue weighted by Gasteiger charge is -2.19. The summed E-state index contributed by atoms with van der Waals surface area (Å²) >= 11 is 5.38. The number of thiophene rings is 3. The van der Waals surface area contributed by atoms with Crippen LogP contribution in [0.15, 0.2) is 330 Å². The van der Waals surface area contributed by atoms with Crippen molar-refractivity contribution >= 4 is 135 Å². The molecule has 0 fully saturated rings. The molecular weight excluding hydrogens is 1430 g/mol. The van der Waals surface area contributed by atoms with Crippen molar-refractivity contribution in [2.24, 2.45) is 0 Å². The van der Waals surface area contributed by atoms with Gasteiger partial charge in [0.15, 0.2) is 34.5 Å². The molecule has 0 spiro atoms. The molecule has 0 saturated carbocycles. The predicted molar refractivity (Wildman–Crippen MR) is 460 cm³/mol. The van der Waals surface area contributed by atoms with E-state index in [-0.39, 0.29) is 5.92 Å². The van der Waals surface area contributed by atoms with Crippen molar-refractivity contribution in [3.8, 4) is 119 Å². The summed E-state index contributed by atoms with van der Waals surface area (Å²) < 4.78 is 21.1. The van der Waals surface area contributed by atoms with Gasteiger partial charge in [-0.2, -0.15) is 9.97 Å². The topological polar surface area (TPSA) is 134 Å². The van der Waals surface area contributed by atoms with Crippen molar-refractivity contribution in [1.82, 2.24) is 44.4 Å². The van der Waals surface area contributed by atoms with Crippen molar-refractivity contribution in [2.75, 3.05) is 0 Å². The maximum atomic E-state index is 6.72. The van der Waals surface area contributed by atoms with Gasteiger partial charge >= 0.3 is 0 Å². The van der Waals surface area contributed by atoms with E-state index < -0.39 is 0 Å². The fraction of sp³-hybridized carbons (Fsp3) is 0.0204. The quantitative estimate of drug-likeness (QED) is 0.116. The lowest BCUT2D eigenvalue weighted by atomic mass is 9.91. The molecule has 0 aliphatic heterocycles. The first-order valence-electron chi connectivity index (χ1n) is 37.3. The van der Waals surface area contributed by atoms with Crippen LogP contribution in [0.2, 0.25) is 0 Å². The SMILES string of the molecule is C1=Cc2c(sc3ccc(-c4cccc(-c5nc6ccccc6o5)c4)cc23)C(c2nc(-c3ccccc3)nc(-n3c4ccccc4c4cc(-c5cccc(-c6ccc7nc(-c8cccc(-c9ccc%10sc%11c(-c%12nc(-c%13ccccc%13)nc(-c%13ccc%14c(c%13)sc%13ccccc%13%14)n%12)cccc%11c%10c9)c8)oc7c6)c5)ccc43)n2)C1. The lowest BCUT2D eigenvalue weighted by Crippen LogP contribution is -2.13. The van der Waals surface area contributed by atoms with Gasteiger partial charge in [0.1, 0.15) is 16.9 Å². The molecule has 23 rings (SSSR count). The maximum absolute atomic E-state index is 6.72. The van der Waals surface area contributed by atoms with Gasteiger partial charge in [0.05, 0.1) is 17.0 Å². The maximum Gasteiger partial charge on any atom is 0.238 e. The summed E-state index contributed by atoms with van der Waals surface area (Å²) in [4.78, 5) is 43.0. The molecule has 0 saturated heterocycles. The van der Waals surface area contributed by atoms with E-state index in [4.69, 9.17) is 48.7 Å². The molecular formula is C98H57N9O2S3. The van der Waals surface area contributed by atoms with Gasteiger partial charge in [-0.3, -0.25) is 4.57 Å². The van der Waals surface area contributed by atoms with Crippen molar-refractivity contribution in [1.29, 1.82) is 0 Å². The number of allylic oxidation sites excluding steroid dienone is 1. The minimum atomic E-state index is -0.106. The normalized spacial score (nSPS) is 13.0. The van der Waals surface area contributed by atoms with Crippen LogP contribution in [0.4, 0.5) is 0 Å². The molecule has 1 atom stereocenters. The lowest BCUT2D eigenvalue weighted by molar-refractivity contribution is 0.619. The Hall–Kier alpha value is -14.0. The third-order valence-corrected chi connectivity index (χ3v) is 25.4. The van der Waals surface area contributed by atoms with E-state index in [0.29, 0.717) is 46.6 Å². The van der Waals surface area contributed by atoms with Crippen LogP contribution in [0.3, 0.4) is 0 Å². The number of aromatic nitrogens is 9. The van der Waals surface area contributed by atoms with Crippen molar-refractivity contribution in [2.45, 2.75) is 12.3 Å². The number of fused-ring (bicyclic) bond motifs is 14. The second kappa shape index (κ2) is 25.8. The van der Waals surface area contributed by atoms with Crippen LogP contribution in [0.1, 0.15) is 28.6 Å². The zero-order valence-electron chi connectivity index (χ0n) is 59.5. The molecule has 1 aliphatic carbocycles. The van der Waals surface area contributed by atoms with Crippen LogP contribution in [0, 0.1) is 0 Å². The molecule has 14 heteroatoms. The monoisotopic (exact) mass is 1490 g/mol. The molecule has 112 heavy (non-hydrogen) atoms. The highest BCUT2D eigenvalue weighted by Crippen LogP contribution is 2.48. The highest BCUT2D eigenvalue weighted by Gasteiger charge is 2.29. The van der Waals surface area contributed by atoms with Gasteiger partial charge in [-0.05, 0) is 172 Å². The number of para-hydroxylation sites is 3. The zero-order chi connectivity index (χ0) is 73.5. The smallest absolute Gasteiger partial charge is 0.238 e. The molecule has 8 aromatic heterocycles. The minimum absolute atomic E-state index is 0.106. The van der Waals surface area contributed by atoms with Crippen LogP contribution in [-0.2, 0) is 0 Å². The summed E-state index contributed by atoms with van der Waals surface area (Å²) in [6, 6.07) is 111. The first-order chi connectivity index (χ1) is 55.4. The second-order valence-electron chi connectivity index (χ2n) is 28.5. The van der Waals surface area contributed by atoms with E-state index in [1.807, 2.05) is 72.0 Å². The summed E-state index contributed by atoms with van der Waals surface area (Å²) in [6.45, 7) is 0. The molecule has 0 radical (unpaired) electrons. The molecule has 22 aromatic rings. The largest absolute Gasteiger partial charge is 0.436 e. The van der Waals surface area contributed by atoms with Crippen molar-refractivity contribution in [3.05, 3.63) is 338 Å². The number of nitrogens with zero attached hydrogens (tertiary/aromatic N) is 9. The summed E-state index contributed by atoms with van der Waals surface area (Å²) in [6.07, 6.45) is 5.31. The van der Waals surface area contributed by atoms with Gasteiger partial charge < -0.3 is 8.83 Å².